The fourth-order valence-corrected chi connectivity index (χ4v) is 6.34. The average Bonchev–Trinajstić information content (AvgIpc) is 3.21. The van der Waals surface area contributed by atoms with Gasteiger partial charge in [0.1, 0.15) is 11.3 Å². The zero-order chi connectivity index (χ0) is 23.8. The van der Waals surface area contributed by atoms with E-state index < -0.39 is 32.6 Å². The highest BCUT2D eigenvalue weighted by atomic mass is 32.2. The minimum absolute atomic E-state index is 0.0553. The number of ether oxygens (including phenoxy) is 1. The van der Waals surface area contributed by atoms with Gasteiger partial charge in [0.2, 0.25) is 15.9 Å². The third kappa shape index (κ3) is 4.68. The number of halogens is 3. The minimum atomic E-state index is -4.79. The van der Waals surface area contributed by atoms with Crippen LogP contribution in [0.25, 0.3) is 10.2 Å². The first-order valence-electron chi connectivity index (χ1n) is 10.0. The highest BCUT2D eigenvalue weighted by molar-refractivity contribution is 7.89. The van der Waals surface area contributed by atoms with E-state index in [0.717, 1.165) is 27.2 Å². The number of hydrogen-bond acceptors (Lipinski definition) is 6. The molecule has 12 heteroatoms. The van der Waals surface area contributed by atoms with Gasteiger partial charge in [-0.1, -0.05) is 29.5 Å². The van der Waals surface area contributed by atoms with Crippen molar-refractivity contribution < 1.29 is 31.1 Å². The van der Waals surface area contributed by atoms with Crippen molar-refractivity contribution in [2.75, 3.05) is 25.5 Å². The number of piperidine rings is 1. The van der Waals surface area contributed by atoms with Crippen LogP contribution in [0.1, 0.15) is 18.4 Å². The first-order valence-corrected chi connectivity index (χ1v) is 12.3. The van der Waals surface area contributed by atoms with Gasteiger partial charge in [-0.3, -0.25) is 4.79 Å². The summed E-state index contributed by atoms with van der Waals surface area (Å²) in [5.74, 6) is -0.203. The fraction of sp³-hybridized carbons (Fsp3) is 0.333. The molecule has 7 nitrogen and oxygen atoms in total. The quantitative estimate of drug-likeness (QED) is 0.564. The van der Waals surface area contributed by atoms with Crippen LogP contribution >= 0.6 is 11.3 Å². The number of alkyl halides is 3. The van der Waals surface area contributed by atoms with E-state index in [-0.39, 0.29) is 31.8 Å². The van der Waals surface area contributed by atoms with Crippen LogP contribution in [0.4, 0.5) is 18.3 Å². The molecule has 2 aromatic carbocycles. The third-order valence-electron chi connectivity index (χ3n) is 5.47. The van der Waals surface area contributed by atoms with Gasteiger partial charge in [-0.2, -0.15) is 17.5 Å². The number of anilines is 1. The molecule has 1 amide bonds. The van der Waals surface area contributed by atoms with Gasteiger partial charge in [0, 0.05) is 19.0 Å². The molecule has 33 heavy (non-hydrogen) atoms. The number of para-hydroxylation sites is 1. The maximum absolute atomic E-state index is 13.3. The Morgan fingerprint density at radius 2 is 1.85 bits per heavy atom. The molecule has 176 valence electrons. The Morgan fingerprint density at radius 3 is 2.52 bits per heavy atom. The lowest BCUT2D eigenvalue weighted by molar-refractivity contribution is -0.139. The number of carbonyl (C=O) groups is 1. The van der Waals surface area contributed by atoms with Gasteiger partial charge in [-0.15, -0.1) is 0 Å². The fourth-order valence-electron chi connectivity index (χ4n) is 3.77. The number of fused-ring (bicyclic) bond motifs is 1. The van der Waals surface area contributed by atoms with Crippen LogP contribution in [0, 0.1) is 5.92 Å². The summed E-state index contributed by atoms with van der Waals surface area (Å²) < 4.78 is 72.8. The monoisotopic (exact) mass is 499 g/mol. The molecule has 4 rings (SSSR count). The van der Waals surface area contributed by atoms with Crippen molar-refractivity contribution in [3.8, 4) is 5.75 Å². The maximum atomic E-state index is 13.3. The van der Waals surface area contributed by atoms with Crippen molar-refractivity contribution in [2.24, 2.45) is 5.92 Å². The second-order valence-corrected chi connectivity index (χ2v) is 10.4. The standard InChI is InChI=1S/C21H20F3N3O4S2/c1-31-15-6-4-7-16-18(15)25-20(32-16)26-19(28)13-9-11-27(12-10-13)33(29,30)17-8-3-2-5-14(17)21(22,23)24/h2-8,13H,9-12H2,1H3,(H,25,26,28). The molecule has 0 bridgehead atoms. The van der Waals surface area contributed by atoms with Crippen LogP contribution in [0.2, 0.25) is 0 Å². The van der Waals surface area contributed by atoms with Crippen LogP contribution in [0.3, 0.4) is 0 Å². The lowest BCUT2D eigenvalue weighted by atomic mass is 9.97. The number of hydrogen-bond donors (Lipinski definition) is 1. The molecule has 1 saturated heterocycles. The first kappa shape index (κ1) is 23.5. The molecule has 2 heterocycles. The topological polar surface area (TPSA) is 88.6 Å². The van der Waals surface area contributed by atoms with E-state index in [9.17, 15) is 26.4 Å². The molecular formula is C21H20F3N3O4S2. The maximum Gasteiger partial charge on any atom is 0.417 e. The van der Waals surface area contributed by atoms with E-state index >= 15 is 0 Å². The molecule has 0 radical (unpaired) electrons. The highest BCUT2D eigenvalue weighted by Gasteiger charge is 2.40. The van der Waals surface area contributed by atoms with Crippen LogP contribution in [-0.2, 0) is 21.0 Å². The van der Waals surface area contributed by atoms with Crippen molar-refractivity contribution in [2.45, 2.75) is 23.9 Å². The smallest absolute Gasteiger partial charge is 0.417 e. The summed E-state index contributed by atoms with van der Waals surface area (Å²) in [6.45, 7) is -0.111. The van der Waals surface area contributed by atoms with Crippen LogP contribution in [0.15, 0.2) is 47.4 Å². The number of amides is 1. The van der Waals surface area contributed by atoms with Gasteiger partial charge in [-0.05, 0) is 37.1 Å². The van der Waals surface area contributed by atoms with Crippen molar-refractivity contribution in [1.82, 2.24) is 9.29 Å². The van der Waals surface area contributed by atoms with E-state index in [1.165, 1.54) is 24.5 Å². The van der Waals surface area contributed by atoms with Crippen molar-refractivity contribution in [3.05, 3.63) is 48.0 Å². The molecule has 1 aliphatic rings. The second-order valence-electron chi connectivity index (χ2n) is 7.49. The van der Waals surface area contributed by atoms with Gasteiger partial charge in [0.05, 0.1) is 22.3 Å². The van der Waals surface area contributed by atoms with Gasteiger partial charge in [0.25, 0.3) is 0 Å². The Balaban J connectivity index is 1.44. The summed E-state index contributed by atoms with van der Waals surface area (Å²) in [6.07, 6.45) is -4.41. The minimum Gasteiger partial charge on any atom is -0.494 e. The molecule has 0 aliphatic carbocycles. The predicted octanol–water partition coefficient (Wildman–Crippen LogP) is 4.36. The summed E-state index contributed by atoms with van der Waals surface area (Å²) in [6, 6.07) is 9.55. The Morgan fingerprint density at radius 1 is 1.15 bits per heavy atom. The molecular weight excluding hydrogens is 479 g/mol. The van der Waals surface area contributed by atoms with E-state index in [2.05, 4.69) is 10.3 Å². The summed E-state index contributed by atoms with van der Waals surface area (Å²) >= 11 is 1.29. The number of sulfonamides is 1. The molecule has 0 spiro atoms. The van der Waals surface area contributed by atoms with Gasteiger partial charge >= 0.3 is 6.18 Å². The Hall–Kier alpha value is -2.70. The largest absolute Gasteiger partial charge is 0.494 e. The lowest BCUT2D eigenvalue weighted by Crippen LogP contribution is -2.41. The van der Waals surface area contributed by atoms with Gasteiger partial charge in [0.15, 0.2) is 5.13 Å². The van der Waals surface area contributed by atoms with Crippen LogP contribution < -0.4 is 10.1 Å². The Labute approximate surface area is 192 Å². The van der Waals surface area contributed by atoms with Crippen LogP contribution in [-0.4, -0.2) is 43.8 Å². The normalized spacial score (nSPS) is 16.1. The molecule has 0 saturated carbocycles. The zero-order valence-corrected chi connectivity index (χ0v) is 19.1. The van der Waals surface area contributed by atoms with Gasteiger partial charge in [-0.25, -0.2) is 13.4 Å². The van der Waals surface area contributed by atoms with Gasteiger partial charge < -0.3 is 10.1 Å². The van der Waals surface area contributed by atoms with Crippen LogP contribution in [0.5, 0.6) is 5.75 Å². The van der Waals surface area contributed by atoms with E-state index in [0.29, 0.717) is 16.4 Å². The summed E-state index contributed by atoms with van der Waals surface area (Å²) in [5, 5.41) is 3.16. The number of carbonyl (C=O) groups excluding carboxylic acids is 1. The number of aromatic nitrogens is 1. The summed E-state index contributed by atoms with van der Waals surface area (Å²) in [7, 11) is -2.82. The zero-order valence-electron chi connectivity index (χ0n) is 17.4. The Kier molecular flexibility index (Phi) is 6.34. The number of methoxy groups -OCH3 is 1. The van der Waals surface area contributed by atoms with Crippen molar-refractivity contribution >= 4 is 42.6 Å². The average molecular weight is 500 g/mol. The molecule has 1 fully saturated rings. The Bertz CT molecular complexity index is 1280. The SMILES string of the molecule is COc1cccc2sc(NC(=O)C3CCN(S(=O)(=O)c4ccccc4C(F)(F)F)CC3)nc12. The van der Waals surface area contributed by atoms with E-state index in [4.69, 9.17) is 4.74 Å². The molecule has 1 N–H and O–H groups in total. The first-order chi connectivity index (χ1) is 15.6. The molecule has 3 aromatic rings. The highest BCUT2D eigenvalue weighted by Crippen LogP contribution is 2.36. The third-order valence-corrected chi connectivity index (χ3v) is 8.36. The molecule has 0 unspecified atom stereocenters. The number of rotatable bonds is 5. The molecule has 0 atom stereocenters. The van der Waals surface area contributed by atoms with E-state index in [1.807, 2.05) is 12.1 Å². The van der Waals surface area contributed by atoms with E-state index in [1.54, 1.807) is 6.07 Å². The number of nitrogens with one attached hydrogen (secondary N) is 1. The molecule has 1 aromatic heterocycles. The number of thiazole rings is 1. The number of benzene rings is 2. The molecule has 1 aliphatic heterocycles. The summed E-state index contributed by atoms with van der Waals surface area (Å²) in [5.41, 5.74) is -0.569. The second kappa shape index (κ2) is 8.92. The van der Waals surface area contributed by atoms with Crippen molar-refractivity contribution in [3.63, 3.8) is 0 Å². The number of nitrogens with zero attached hydrogens (tertiary/aromatic N) is 2. The summed E-state index contributed by atoms with van der Waals surface area (Å²) in [4.78, 5) is 16.3. The lowest BCUT2D eigenvalue weighted by Gasteiger charge is -2.31. The predicted molar refractivity (Wildman–Crippen MR) is 118 cm³/mol. The van der Waals surface area contributed by atoms with Crippen molar-refractivity contribution in [1.29, 1.82) is 0 Å².